The zero-order chi connectivity index (χ0) is 13.6. The Kier molecular flexibility index (Phi) is 5.28. The Morgan fingerprint density at radius 2 is 1.83 bits per heavy atom. The van der Waals surface area contributed by atoms with E-state index in [1.807, 2.05) is 18.2 Å². The van der Waals surface area contributed by atoms with Crippen LogP contribution in [0.25, 0.3) is 0 Å². The molecule has 3 N–H and O–H groups in total. The Bertz CT molecular complexity index is 378. The molecule has 1 aromatic rings. The first-order valence-electron chi connectivity index (χ1n) is 6.18. The van der Waals surface area contributed by atoms with Gasteiger partial charge in [-0.2, -0.15) is 0 Å². The molecule has 0 saturated carbocycles. The third-order valence-corrected chi connectivity index (χ3v) is 2.98. The van der Waals surface area contributed by atoms with E-state index >= 15 is 0 Å². The largest absolute Gasteiger partial charge is 0.493 e. The first-order chi connectivity index (χ1) is 8.52. The van der Waals surface area contributed by atoms with Crippen molar-refractivity contribution in [1.29, 1.82) is 0 Å². The maximum absolute atomic E-state index is 5.60. The van der Waals surface area contributed by atoms with Crippen molar-refractivity contribution < 1.29 is 9.47 Å². The fourth-order valence-electron chi connectivity index (χ4n) is 1.77. The van der Waals surface area contributed by atoms with E-state index in [0.717, 1.165) is 30.2 Å². The highest BCUT2D eigenvalue weighted by Crippen LogP contribution is 2.30. The van der Waals surface area contributed by atoms with Gasteiger partial charge in [0.05, 0.1) is 14.2 Å². The van der Waals surface area contributed by atoms with Gasteiger partial charge >= 0.3 is 0 Å². The average Bonchev–Trinajstić information content (AvgIpc) is 2.36. The maximum atomic E-state index is 5.60. The number of anilines is 1. The first-order valence-corrected chi connectivity index (χ1v) is 6.18. The topological polar surface area (TPSA) is 56.5 Å². The van der Waals surface area contributed by atoms with E-state index in [4.69, 9.17) is 15.2 Å². The highest BCUT2D eigenvalue weighted by atomic mass is 16.5. The van der Waals surface area contributed by atoms with E-state index < -0.39 is 0 Å². The molecule has 0 unspecified atom stereocenters. The lowest BCUT2D eigenvalue weighted by atomic mass is 9.89. The van der Waals surface area contributed by atoms with Crippen LogP contribution in [0.15, 0.2) is 18.2 Å². The summed E-state index contributed by atoms with van der Waals surface area (Å²) in [7, 11) is 3.27. The van der Waals surface area contributed by atoms with Gasteiger partial charge in [-0.25, -0.2) is 0 Å². The predicted octanol–water partition coefficient (Wildman–Crippen LogP) is 2.49. The minimum Gasteiger partial charge on any atom is -0.493 e. The number of nitrogens with one attached hydrogen (secondary N) is 1. The summed E-state index contributed by atoms with van der Waals surface area (Å²) >= 11 is 0. The molecule has 4 nitrogen and oxygen atoms in total. The third kappa shape index (κ3) is 4.11. The van der Waals surface area contributed by atoms with Crippen molar-refractivity contribution >= 4 is 5.69 Å². The minimum atomic E-state index is 0.182. The predicted molar refractivity (Wildman–Crippen MR) is 75.5 cm³/mol. The van der Waals surface area contributed by atoms with Crippen molar-refractivity contribution in [3.63, 3.8) is 0 Å². The molecule has 0 atom stereocenters. The fraction of sp³-hybridized carbons (Fsp3) is 0.571. The molecule has 0 aliphatic carbocycles. The third-order valence-electron chi connectivity index (χ3n) is 2.98. The summed E-state index contributed by atoms with van der Waals surface area (Å²) in [5.41, 5.74) is 6.81. The van der Waals surface area contributed by atoms with Gasteiger partial charge in [0.15, 0.2) is 11.5 Å². The summed E-state index contributed by atoms with van der Waals surface area (Å²) in [5.74, 6) is 1.48. The second kappa shape index (κ2) is 6.50. The van der Waals surface area contributed by atoms with Gasteiger partial charge in [0.1, 0.15) is 0 Å². The molecule has 1 aromatic carbocycles. The number of benzene rings is 1. The molecule has 0 spiro atoms. The molecule has 0 radical (unpaired) electrons. The summed E-state index contributed by atoms with van der Waals surface area (Å²) in [6.45, 7) is 5.99. The average molecular weight is 252 g/mol. The molecular weight excluding hydrogens is 228 g/mol. The molecule has 0 amide bonds. The molecule has 18 heavy (non-hydrogen) atoms. The first kappa shape index (κ1) is 14.6. The highest BCUT2D eigenvalue weighted by molar-refractivity contribution is 5.54. The summed E-state index contributed by atoms with van der Waals surface area (Å²) in [6.07, 6.45) is 0.993. The second-order valence-electron chi connectivity index (χ2n) is 5.13. The summed E-state index contributed by atoms with van der Waals surface area (Å²) in [5, 5.41) is 3.40. The van der Waals surface area contributed by atoms with Gasteiger partial charge in [-0.3, -0.25) is 0 Å². The Labute approximate surface area is 109 Å². The van der Waals surface area contributed by atoms with E-state index in [0.29, 0.717) is 6.54 Å². The van der Waals surface area contributed by atoms with Crippen molar-refractivity contribution in [2.45, 2.75) is 20.3 Å². The van der Waals surface area contributed by atoms with Gasteiger partial charge in [-0.1, -0.05) is 13.8 Å². The lowest BCUT2D eigenvalue weighted by Gasteiger charge is -2.25. The van der Waals surface area contributed by atoms with Gasteiger partial charge in [-0.15, -0.1) is 0 Å². The lowest BCUT2D eigenvalue weighted by molar-refractivity contribution is 0.354. The maximum Gasteiger partial charge on any atom is 0.162 e. The van der Waals surface area contributed by atoms with E-state index in [1.54, 1.807) is 14.2 Å². The molecular formula is C14H24N2O2. The van der Waals surface area contributed by atoms with Crippen molar-refractivity contribution in [2.24, 2.45) is 11.1 Å². The molecule has 4 heteroatoms. The molecule has 0 aromatic heterocycles. The van der Waals surface area contributed by atoms with Gasteiger partial charge in [-0.05, 0) is 30.5 Å². The number of hydrogen-bond donors (Lipinski definition) is 2. The summed E-state index contributed by atoms with van der Waals surface area (Å²) < 4.78 is 10.5. The van der Waals surface area contributed by atoms with Crippen LogP contribution >= 0.6 is 0 Å². The van der Waals surface area contributed by atoms with Crippen molar-refractivity contribution in [3.8, 4) is 11.5 Å². The highest BCUT2D eigenvalue weighted by Gasteiger charge is 2.16. The number of methoxy groups -OCH3 is 2. The van der Waals surface area contributed by atoms with Crippen LogP contribution < -0.4 is 20.5 Å². The van der Waals surface area contributed by atoms with E-state index in [9.17, 15) is 0 Å². The lowest BCUT2D eigenvalue weighted by Crippen LogP contribution is -2.26. The van der Waals surface area contributed by atoms with Crippen LogP contribution in [0.3, 0.4) is 0 Å². The molecule has 102 valence electrons. The summed E-state index contributed by atoms with van der Waals surface area (Å²) in [6, 6.07) is 5.83. The van der Waals surface area contributed by atoms with Crippen LogP contribution in [-0.4, -0.2) is 27.3 Å². The molecule has 0 heterocycles. The molecule has 0 aliphatic rings. The standard InChI is InChI=1S/C14H24N2O2/c1-14(2,7-8-15)10-16-11-5-6-12(17-3)13(9-11)18-4/h5-6,9,16H,7-8,10,15H2,1-4H3. The van der Waals surface area contributed by atoms with Crippen LogP contribution in [0, 0.1) is 5.41 Å². The summed E-state index contributed by atoms with van der Waals surface area (Å²) in [4.78, 5) is 0. The smallest absolute Gasteiger partial charge is 0.162 e. The van der Waals surface area contributed by atoms with Crippen molar-refractivity contribution in [1.82, 2.24) is 0 Å². The molecule has 0 aliphatic heterocycles. The van der Waals surface area contributed by atoms with Crippen LogP contribution in [0.4, 0.5) is 5.69 Å². The van der Waals surface area contributed by atoms with E-state index in [-0.39, 0.29) is 5.41 Å². The van der Waals surface area contributed by atoms with Crippen LogP contribution in [-0.2, 0) is 0 Å². The fourth-order valence-corrected chi connectivity index (χ4v) is 1.77. The Balaban J connectivity index is 2.68. The van der Waals surface area contributed by atoms with Crippen molar-refractivity contribution in [2.75, 3.05) is 32.6 Å². The van der Waals surface area contributed by atoms with Crippen LogP contribution in [0.1, 0.15) is 20.3 Å². The Morgan fingerprint density at radius 3 is 2.39 bits per heavy atom. The monoisotopic (exact) mass is 252 g/mol. The second-order valence-corrected chi connectivity index (χ2v) is 5.13. The Morgan fingerprint density at radius 1 is 1.17 bits per heavy atom. The van der Waals surface area contributed by atoms with Crippen molar-refractivity contribution in [3.05, 3.63) is 18.2 Å². The van der Waals surface area contributed by atoms with Gasteiger partial charge in [0.25, 0.3) is 0 Å². The Hall–Kier alpha value is -1.42. The quantitative estimate of drug-likeness (QED) is 0.783. The van der Waals surface area contributed by atoms with Gasteiger partial charge < -0.3 is 20.5 Å². The van der Waals surface area contributed by atoms with Gasteiger partial charge in [0.2, 0.25) is 0 Å². The number of hydrogen-bond acceptors (Lipinski definition) is 4. The molecule has 0 saturated heterocycles. The minimum absolute atomic E-state index is 0.182. The molecule has 0 bridgehead atoms. The number of rotatable bonds is 7. The molecule has 0 fully saturated rings. The zero-order valence-corrected chi connectivity index (χ0v) is 11.7. The van der Waals surface area contributed by atoms with Gasteiger partial charge in [0, 0.05) is 18.3 Å². The van der Waals surface area contributed by atoms with Crippen LogP contribution in [0.5, 0.6) is 11.5 Å². The van der Waals surface area contributed by atoms with E-state index in [1.165, 1.54) is 0 Å². The van der Waals surface area contributed by atoms with Crippen LogP contribution in [0.2, 0.25) is 0 Å². The van der Waals surface area contributed by atoms with E-state index in [2.05, 4.69) is 19.2 Å². The molecule has 1 rings (SSSR count). The SMILES string of the molecule is COc1ccc(NCC(C)(C)CCN)cc1OC. The number of nitrogens with two attached hydrogens (primary N) is 1. The number of ether oxygens (including phenoxy) is 2. The normalized spacial score (nSPS) is 11.2. The zero-order valence-electron chi connectivity index (χ0n) is 11.7.